The number of carbonyl (C=O) groups is 1. The van der Waals surface area contributed by atoms with Gasteiger partial charge in [-0.05, 0) is 15.9 Å². The van der Waals surface area contributed by atoms with Crippen molar-refractivity contribution < 1.29 is 13.6 Å². The Morgan fingerprint density at radius 3 is 2.69 bits per heavy atom. The molecule has 70 valence electrons. The molecule has 0 amide bonds. The van der Waals surface area contributed by atoms with Gasteiger partial charge in [-0.2, -0.15) is 0 Å². The quantitative estimate of drug-likeness (QED) is 0.610. The van der Waals surface area contributed by atoms with Crippen LogP contribution in [0.5, 0.6) is 0 Å². The summed E-state index contributed by atoms with van der Waals surface area (Å²) in [6.07, 6.45) is -1.54. The number of aldehydes is 1. The van der Waals surface area contributed by atoms with E-state index < -0.39 is 12.0 Å². The van der Waals surface area contributed by atoms with Crippen LogP contribution < -0.4 is 0 Å². The van der Waals surface area contributed by atoms with Gasteiger partial charge in [0.15, 0.2) is 6.29 Å². The van der Waals surface area contributed by atoms with Crippen LogP contribution in [0, 0.1) is 0 Å². The molecule has 0 saturated heterocycles. The van der Waals surface area contributed by atoms with Gasteiger partial charge in [-0.25, -0.2) is 13.8 Å². The summed E-state index contributed by atoms with van der Waals surface area (Å²) in [5.41, 5.74) is -0.679. The molecule has 0 aliphatic rings. The lowest BCUT2D eigenvalue weighted by molar-refractivity contribution is 0.110. The number of nitrogens with zero attached hydrogens (tertiary/aromatic N) is 1. The van der Waals surface area contributed by atoms with E-state index in [1.807, 2.05) is 0 Å². The fourth-order valence-corrected chi connectivity index (χ4v) is 1.30. The van der Waals surface area contributed by atoms with Gasteiger partial charge in [0.1, 0.15) is 4.60 Å². The molecular weight excluding hydrogens is 267 g/mol. The lowest BCUT2D eigenvalue weighted by Gasteiger charge is -2.05. The maximum Gasteiger partial charge on any atom is 0.266 e. The van der Waals surface area contributed by atoms with Crippen LogP contribution in [0.2, 0.25) is 5.02 Å². The molecule has 0 spiro atoms. The van der Waals surface area contributed by atoms with Crippen LogP contribution in [0.25, 0.3) is 0 Å². The second kappa shape index (κ2) is 4.11. The highest BCUT2D eigenvalue weighted by Gasteiger charge is 2.17. The van der Waals surface area contributed by atoms with Gasteiger partial charge in [0, 0.05) is 17.3 Å². The van der Waals surface area contributed by atoms with E-state index in [2.05, 4.69) is 20.9 Å². The van der Waals surface area contributed by atoms with Crippen LogP contribution in [-0.4, -0.2) is 11.3 Å². The zero-order valence-electron chi connectivity index (χ0n) is 6.10. The first kappa shape index (κ1) is 10.5. The summed E-state index contributed by atoms with van der Waals surface area (Å²) >= 11 is 8.49. The average Bonchev–Trinajstić information content (AvgIpc) is 2.09. The van der Waals surface area contributed by atoms with E-state index in [1.165, 1.54) is 0 Å². The number of aromatic nitrogens is 1. The van der Waals surface area contributed by atoms with Gasteiger partial charge >= 0.3 is 0 Å². The maximum atomic E-state index is 12.3. The lowest BCUT2D eigenvalue weighted by atomic mass is 10.2. The van der Waals surface area contributed by atoms with E-state index in [0.29, 0.717) is 0 Å². The van der Waals surface area contributed by atoms with Crippen LogP contribution in [0.15, 0.2) is 10.8 Å². The molecule has 1 aromatic heterocycles. The first-order valence-electron chi connectivity index (χ1n) is 3.15. The van der Waals surface area contributed by atoms with E-state index in [0.717, 1.165) is 6.20 Å². The summed E-state index contributed by atoms with van der Waals surface area (Å²) in [5, 5.41) is -0.0900. The molecular formula is C7H3BrClF2NO. The zero-order valence-corrected chi connectivity index (χ0v) is 8.44. The molecule has 0 N–H and O–H groups in total. The number of pyridine rings is 1. The van der Waals surface area contributed by atoms with Crippen molar-refractivity contribution in [3.63, 3.8) is 0 Å². The van der Waals surface area contributed by atoms with Crippen LogP contribution in [0.1, 0.15) is 22.3 Å². The Kier molecular flexibility index (Phi) is 3.33. The van der Waals surface area contributed by atoms with Crippen molar-refractivity contribution in [2.75, 3.05) is 0 Å². The molecule has 0 atom stereocenters. The fraction of sp³-hybridized carbons (Fsp3) is 0.143. The van der Waals surface area contributed by atoms with Crippen molar-refractivity contribution in [1.29, 1.82) is 0 Å². The van der Waals surface area contributed by atoms with E-state index in [1.54, 1.807) is 0 Å². The van der Waals surface area contributed by atoms with Crippen LogP contribution in [0.4, 0.5) is 8.78 Å². The molecule has 0 saturated carbocycles. The molecule has 0 aliphatic carbocycles. The largest absolute Gasteiger partial charge is 0.298 e. The Morgan fingerprint density at radius 2 is 2.23 bits per heavy atom. The highest BCUT2D eigenvalue weighted by molar-refractivity contribution is 9.10. The third-order valence-electron chi connectivity index (χ3n) is 1.40. The van der Waals surface area contributed by atoms with Gasteiger partial charge in [-0.1, -0.05) is 11.6 Å². The Labute approximate surface area is 86.0 Å². The molecule has 1 aromatic rings. The molecule has 0 bridgehead atoms. The summed E-state index contributed by atoms with van der Waals surface area (Å²) < 4.78 is 24.7. The summed E-state index contributed by atoms with van der Waals surface area (Å²) in [7, 11) is 0. The van der Waals surface area contributed by atoms with Gasteiger partial charge in [0.25, 0.3) is 6.43 Å². The Balaban J connectivity index is 3.38. The Morgan fingerprint density at radius 1 is 1.62 bits per heavy atom. The second-order valence-corrected chi connectivity index (χ2v) is 3.28. The number of hydrogen-bond acceptors (Lipinski definition) is 2. The number of carbonyl (C=O) groups excluding carboxylic acids is 1. The normalized spacial score (nSPS) is 10.5. The monoisotopic (exact) mass is 269 g/mol. The van der Waals surface area contributed by atoms with Gasteiger partial charge in [0.2, 0.25) is 0 Å². The van der Waals surface area contributed by atoms with Crippen LogP contribution in [0.3, 0.4) is 0 Å². The van der Waals surface area contributed by atoms with Crippen molar-refractivity contribution in [3.8, 4) is 0 Å². The van der Waals surface area contributed by atoms with Gasteiger partial charge < -0.3 is 0 Å². The van der Waals surface area contributed by atoms with Gasteiger partial charge in [-0.3, -0.25) is 4.79 Å². The predicted octanol–water partition coefficient (Wildman–Crippen LogP) is 3.25. The van der Waals surface area contributed by atoms with E-state index >= 15 is 0 Å². The number of rotatable bonds is 2. The van der Waals surface area contributed by atoms with Gasteiger partial charge in [-0.15, -0.1) is 0 Å². The standard InChI is InChI=1S/C7H3BrClF2NO/c8-6-5(9)4(2-13)3(1-12-6)7(10)11/h1-2,7H. The number of hydrogen-bond donors (Lipinski definition) is 0. The summed E-state index contributed by atoms with van der Waals surface area (Å²) in [4.78, 5) is 14.0. The van der Waals surface area contributed by atoms with E-state index in [-0.39, 0.29) is 21.5 Å². The molecule has 0 fully saturated rings. The SMILES string of the molecule is O=Cc1c(C(F)F)cnc(Br)c1Cl. The molecule has 0 unspecified atom stereocenters. The van der Waals surface area contributed by atoms with Crippen LogP contribution in [-0.2, 0) is 0 Å². The first-order valence-corrected chi connectivity index (χ1v) is 4.32. The molecule has 13 heavy (non-hydrogen) atoms. The Bertz CT molecular complexity index is 346. The zero-order chi connectivity index (χ0) is 10.0. The molecule has 1 heterocycles. The topological polar surface area (TPSA) is 30.0 Å². The van der Waals surface area contributed by atoms with E-state index in [4.69, 9.17) is 11.6 Å². The minimum absolute atomic E-state index is 0.0900. The average molecular weight is 270 g/mol. The molecule has 0 aromatic carbocycles. The summed E-state index contributed by atoms with van der Waals surface area (Å²) in [5.74, 6) is 0. The van der Waals surface area contributed by atoms with Crippen molar-refractivity contribution >= 4 is 33.8 Å². The molecule has 1 rings (SSSR count). The summed E-state index contributed by atoms with van der Waals surface area (Å²) in [6.45, 7) is 0. The lowest BCUT2D eigenvalue weighted by Crippen LogP contribution is -1.96. The fourth-order valence-electron chi connectivity index (χ4n) is 0.784. The second-order valence-electron chi connectivity index (χ2n) is 2.15. The van der Waals surface area contributed by atoms with E-state index in [9.17, 15) is 13.6 Å². The third-order valence-corrected chi connectivity index (χ3v) is 2.61. The van der Waals surface area contributed by atoms with Crippen LogP contribution >= 0.6 is 27.5 Å². The van der Waals surface area contributed by atoms with Crippen molar-refractivity contribution in [1.82, 2.24) is 4.98 Å². The maximum absolute atomic E-state index is 12.3. The smallest absolute Gasteiger partial charge is 0.266 e. The van der Waals surface area contributed by atoms with Gasteiger partial charge in [0.05, 0.1) is 5.02 Å². The molecule has 2 nitrogen and oxygen atoms in total. The number of alkyl halides is 2. The first-order chi connectivity index (χ1) is 6.07. The van der Waals surface area contributed by atoms with Crippen molar-refractivity contribution in [2.45, 2.75) is 6.43 Å². The highest BCUT2D eigenvalue weighted by Crippen LogP contribution is 2.30. The summed E-state index contributed by atoms with van der Waals surface area (Å²) in [6, 6.07) is 0. The minimum Gasteiger partial charge on any atom is -0.298 e. The molecule has 0 aliphatic heterocycles. The highest BCUT2D eigenvalue weighted by atomic mass is 79.9. The van der Waals surface area contributed by atoms with Crippen molar-refractivity contribution in [3.05, 3.63) is 26.9 Å². The molecule has 0 radical (unpaired) electrons. The number of halogens is 4. The Hall–Kier alpha value is -0.550. The van der Waals surface area contributed by atoms with Crippen molar-refractivity contribution in [2.24, 2.45) is 0 Å². The third kappa shape index (κ3) is 2.03. The minimum atomic E-state index is -2.75. The molecule has 6 heteroatoms. The predicted molar refractivity (Wildman–Crippen MR) is 47.3 cm³/mol.